The predicted octanol–water partition coefficient (Wildman–Crippen LogP) is 5.55. The molecule has 1 aromatic heterocycles. The minimum absolute atomic E-state index is 0.236. The average Bonchev–Trinajstić information content (AvgIpc) is 3.34. The fraction of sp³-hybridized carbons (Fsp3) is 0.360. The van der Waals surface area contributed by atoms with Crippen LogP contribution in [-0.4, -0.2) is 35.7 Å². The smallest absolute Gasteiger partial charge is 0.410 e. The number of amides is 1. The fourth-order valence-corrected chi connectivity index (χ4v) is 4.35. The number of rotatable bonds is 8. The van der Waals surface area contributed by atoms with Crippen molar-refractivity contribution >= 4 is 17.4 Å². The van der Waals surface area contributed by atoms with E-state index in [4.69, 9.17) is 9.47 Å². The number of ether oxygens (including phenoxy) is 2. The Morgan fingerprint density at radius 1 is 1.03 bits per heavy atom. The standard InChI is InChI=1S/C25H28N2O3S/c28-25(30-19-24-26-13-17-31-24)27-14-10-20(11-15-27)12-16-29-23-8-6-22(7-9-23)18-21-4-2-1-3-5-21/h1-9,13,17,20H,10-12,14-16,18-19H2. The van der Waals surface area contributed by atoms with E-state index in [1.165, 1.54) is 22.5 Å². The molecule has 6 heteroatoms. The summed E-state index contributed by atoms with van der Waals surface area (Å²) in [5, 5.41) is 2.71. The van der Waals surface area contributed by atoms with Gasteiger partial charge in [-0.15, -0.1) is 11.3 Å². The van der Waals surface area contributed by atoms with Crippen molar-refractivity contribution in [2.24, 2.45) is 5.92 Å². The summed E-state index contributed by atoms with van der Waals surface area (Å²) in [4.78, 5) is 18.1. The third-order valence-electron chi connectivity index (χ3n) is 5.64. The van der Waals surface area contributed by atoms with Gasteiger partial charge in [0.1, 0.15) is 17.4 Å². The van der Waals surface area contributed by atoms with Crippen LogP contribution in [0, 0.1) is 5.92 Å². The van der Waals surface area contributed by atoms with Crippen LogP contribution in [0.3, 0.4) is 0 Å². The van der Waals surface area contributed by atoms with Gasteiger partial charge in [-0.25, -0.2) is 9.78 Å². The number of hydrogen-bond donors (Lipinski definition) is 0. The molecule has 1 fully saturated rings. The lowest BCUT2D eigenvalue weighted by Crippen LogP contribution is -2.39. The van der Waals surface area contributed by atoms with Gasteiger partial charge in [-0.2, -0.15) is 0 Å². The summed E-state index contributed by atoms with van der Waals surface area (Å²) in [5.41, 5.74) is 2.60. The molecule has 0 unspecified atom stereocenters. The van der Waals surface area contributed by atoms with Gasteiger partial charge >= 0.3 is 6.09 Å². The topological polar surface area (TPSA) is 51.7 Å². The molecule has 1 saturated heterocycles. The van der Waals surface area contributed by atoms with Gasteiger partial charge in [0.05, 0.1) is 6.61 Å². The molecule has 1 aliphatic rings. The van der Waals surface area contributed by atoms with Crippen LogP contribution in [0.5, 0.6) is 5.75 Å². The summed E-state index contributed by atoms with van der Waals surface area (Å²) in [7, 11) is 0. The van der Waals surface area contributed by atoms with Crippen molar-refractivity contribution in [1.29, 1.82) is 0 Å². The van der Waals surface area contributed by atoms with E-state index in [0.717, 1.165) is 49.5 Å². The summed E-state index contributed by atoms with van der Waals surface area (Å²) in [5.74, 6) is 1.50. The summed E-state index contributed by atoms with van der Waals surface area (Å²) < 4.78 is 11.3. The highest BCUT2D eigenvalue weighted by Gasteiger charge is 2.23. The molecule has 162 valence electrons. The molecule has 0 aliphatic carbocycles. The highest BCUT2D eigenvalue weighted by molar-refractivity contribution is 7.09. The average molecular weight is 437 g/mol. The molecule has 0 atom stereocenters. The van der Waals surface area contributed by atoms with Crippen molar-refractivity contribution in [3.8, 4) is 5.75 Å². The van der Waals surface area contributed by atoms with Crippen molar-refractivity contribution < 1.29 is 14.3 Å². The molecule has 1 aliphatic heterocycles. The molecule has 4 rings (SSSR count). The summed E-state index contributed by atoms with van der Waals surface area (Å²) >= 11 is 1.50. The van der Waals surface area contributed by atoms with Gasteiger partial charge in [-0.05, 0) is 54.9 Å². The van der Waals surface area contributed by atoms with Crippen LogP contribution in [-0.2, 0) is 17.8 Å². The van der Waals surface area contributed by atoms with E-state index in [2.05, 4.69) is 53.5 Å². The molecule has 0 N–H and O–H groups in total. The Morgan fingerprint density at radius 2 is 1.77 bits per heavy atom. The number of aromatic nitrogens is 1. The number of nitrogens with zero attached hydrogens (tertiary/aromatic N) is 2. The molecule has 0 spiro atoms. The van der Waals surface area contributed by atoms with Crippen molar-refractivity contribution in [3.63, 3.8) is 0 Å². The highest BCUT2D eigenvalue weighted by atomic mass is 32.1. The number of carbonyl (C=O) groups is 1. The van der Waals surface area contributed by atoms with Crippen molar-refractivity contribution in [1.82, 2.24) is 9.88 Å². The first-order valence-corrected chi connectivity index (χ1v) is 11.7. The molecule has 5 nitrogen and oxygen atoms in total. The van der Waals surface area contributed by atoms with Crippen LogP contribution in [0.25, 0.3) is 0 Å². The number of benzene rings is 2. The maximum Gasteiger partial charge on any atom is 0.410 e. The predicted molar refractivity (Wildman–Crippen MR) is 122 cm³/mol. The zero-order chi connectivity index (χ0) is 21.3. The quantitative estimate of drug-likeness (QED) is 0.464. The van der Waals surface area contributed by atoms with E-state index in [1.807, 2.05) is 11.4 Å². The van der Waals surface area contributed by atoms with E-state index in [1.54, 1.807) is 11.1 Å². The third kappa shape index (κ3) is 6.56. The Bertz CT molecular complexity index is 921. The van der Waals surface area contributed by atoms with Gasteiger partial charge < -0.3 is 14.4 Å². The number of carbonyl (C=O) groups excluding carboxylic acids is 1. The maximum absolute atomic E-state index is 12.2. The monoisotopic (exact) mass is 436 g/mol. The van der Waals surface area contributed by atoms with E-state index >= 15 is 0 Å². The molecule has 0 bridgehead atoms. The number of thiazole rings is 1. The van der Waals surface area contributed by atoms with Crippen LogP contribution in [0.2, 0.25) is 0 Å². The zero-order valence-electron chi connectivity index (χ0n) is 17.6. The Kier molecular flexibility index (Phi) is 7.56. The molecule has 3 aromatic rings. The first kappa shape index (κ1) is 21.4. The first-order chi connectivity index (χ1) is 15.3. The number of piperidine rings is 1. The Balaban J connectivity index is 1.13. The maximum atomic E-state index is 12.2. The molecule has 2 aromatic carbocycles. The summed E-state index contributed by atoms with van der Waals surface area (Å²) in [6.07, 6.45) is 5.41. The molecule has 0 saturated carbocycles. The van der Waals surface area contributed by atoms with E-state index in [0.29, 0.717) is 12.5 Å². The minimum Gasteiger partial charge on any atom is -0.494 e. The first-order valence-electron chi connectivity index (χ1n) is 10.8. The van der Waals surface area contributed by atoms with Crippen LogP contribution in [0.1, 0.15) is 35.4 Å². The normalized spacial score (nSPS) is 14.4. The second-order valence-electron chi connectivity index (χ2n) is 7.85. The lowest BCUT2D eigenvalue weighted by Gasteiger charge is -2.31. The zero-order valence-corrected chi connectivity index (χ0v) is 18.4. The van der Waals surface area contributed by atoms with Gasteiger partial charge in [-0.3, -0.25) is 0 Å². The van der Waals surface area contributed by atoms with Crippen molar-refractivity contribution in [2.75, 3.05) is 19.7 Å². The summed E-state index contributed by atoms with van der Waals surface area (Å²) in [6, 6.07) is 18.9. The second kappa shape index (κ2) is 11.0. The van der Waals surface area contributed by atoms with Gasteiger partial charge in [0.25, 0.3) is 0 Å². The van der Waals surface area contributed by atoms with Gasteiger partial charge in [-0.1, -0.05) is 42.5 Å². The minimum atomic E-state index is -0.236. The third-order valence-corrected chi connectivity index (χ3v) is 6.40. The number of likely N-dealkylation sites (tertiary alicyclic amines) is 1. The molecular formula is C25H28N2O3S. The molecule has 0 radical (unpaired) electrons. The van der Waals surface area contributed by atoms with Crippen LogP contribution in [0.4, 0.5) is 4.79 Å². The van der Waals surface area contributed by atoms with Crippen molar-refractivity contribution in [3.05, 3.63) is 82.3 Å². The largest absolute Gasteiger partial charge is 0.494 e. The van der Waals surface area contributed by atoms with E-state index < -0.39 is 0 Å². The van der Waals surface area contributed by atoms with E-state index in [-0.39, 0.29) is 12.7 Å². The van der Waals surface area contributed by atoms with Gasteiger partial charge in [0, 0.05) is 24.7 Å². The Morgan fingerprint density at radius 3 is 2.48 bits per heavy atom. The van der Waals surface area contributed by atoms with Crippen LogP contribution < -0.4 is 4.74 Å². The molecular weight excluding hydrogens is 408 g/mol. The summed E-state index contributed by atoms with van der Waals surface area (Å²) in [6.45, 7) is 2.46. The lowest BCUT2D eigenvalue weighted by atomic mass is 9.94. The van der Waals surface area contributed by atoms with Gasteiger partial charge in [0.15, 0.2) is 0 Å². The molecule has 2 heterocycles. The van der Waals surface area contributed by atoms with Crippen LogP contribution in [0.15, 0.2) is 66.2 Å². The molecule has 1 amide bonds. The fourth-order valence-electron chi connectivity index (χ4n) is 3.82. The van der Waals surface area contributed by atoms with Crippen molar-refractivity contribution in [2.45, 2.75) is 32.3 Å². The SMILES string of the molecule is O=C(OCc1nccs1)N1CCC(CCOc2ccc(Cc3ccccc3)cc2)CC1. The lowest BCUT2D eigenvalue weighted by molar-refractivity contribution is 0.0799. The van der Waals surface area contributed by atoms with E-state index in [9.17, 15) is 4.79 Å². The second-order valence-corrected chi connectivity index (χ2v) is 8.83. The Labute approximate surface area is 187 Å². The highest BCUT2D eigenvalue weighted by Crippen LogP contribution is 2.22. The van der Waals surface area contributed by atoms with Crippen LogP contribution >= 0.6 is 11.3 Å². The Hall–Kier alpha value is -2.86. The van der Waals surface area contributed by atoms with Gasteiger partial charge in [0.2, 0.25) is 0 Å². The molecule has 31 heavy (non-hydrogen) atoms. The number of hydrogen-bond acceptors (Lipinski definition) is 5.